The number of piperidine rings is 1. The van der Waals surface area contributed by atoms with Gasteiger partial charge in [-0.2, -0.15) is 0 Å². The molecule has 5 nitrogen and oxygen atoms in total. The number of anilines is 2. The molecule has 0 aliphatic carbocycles. The maximum absolute atomic E-state index is 12.7. The van der Waals surface area contributed by atoms with E-state index in [0.29, 0.717) is 11.7 Å². The second-order valence-electron chi connectivity index (χ2n) is 6.23. The van der Waals surface area contributed by atoms with E-state index < -0.39 is 0 Å². The Kier molecular flexibility index (Phi) is 5.08. The first-order valence-electron chi connectivity index (χ1n) is 8.64. The lowest BCUT2D eigenvalue weighted by Gasteiger charge is -2.34. The van der Waals surface area contributed by atoms with Gasteiger partial charge in [0.2, 0.25) is 0 Å². The number of likely N-dealkylation sites (tertiary alicyclic amines) is 1. The summed E-state index contributed by atoms with van der Waals surface area (Å²) >= 11 is 0. The van der Waals surface area contributed by atoms with Crippen LogP contribution in [0.1, 0.15) is 43.1 Å². The molecule has 0 radical (unpaired) electrons. The van der Waals surface area contributed by atoms with Gasteiger partial charge < -0.3 is 9.80 Å². The average Bonchev–Trinajstić information content (AvgIpc) is 2.67. The van der Waals surface area contributed by atoms with E-state index in [2.05, 4.69) is 17.1 Å². The first-order chi connectivity index (χ1) is 11.7. The molecule has 0 N–H and O–H groups in total. The maximum atomic E-state index is 12.7. The van der Waals surface area contributed by atoms with Gasteiger partial charge in [-0.15, -0.1) is 10.2 Å². The van der Waals surface area contributed by atoms with Gasteiger partial charge in [-0.1, -0.05) is 25.1 Å². The van der Waals surface area contributed by atoms with Crippen LogP contribution in [0.5, 0.6) is 0 Å². The highest BCUT2D eigenvalue weighted by Crippen LogP contribution is 2.23. The summed E-state index contributed by atoms with van der Waals surface area (Å²) in [5.74, 6) is 0.728. The minimum absolute atomic E-state index is 0.00274. The predicted molar refractivity (Wildman–Crippen MR) is 95.5 cm³/mol. The Morgan fingerprint density at radius 2 is 1.96 bits per heavy atom. The number of para-hydroxylation sites is 1. The van der Waals surface area contributed by atoms with E-state index in [1.807, 2.05) is 53.2 Å². The highest BCUT2D eigenvalue weighted by molar-refractivity contribution is 5.92. The van der Waals surface area contributed by atoms with Gasteiger partial charge in [-0.25, -0.2) is 0 Å². The average molecular weight is 324 g/mol. The molecule has 24 heavy (non-hydrogen) atoms. The first kappa shape index (κ1) is 16.4. The van der Waals surface area contributed by atoms with Gasteiger partial charge in [0.25, 0.3) is 5.91 Å². The smallest absolute Gasteiger partial charge is 0.274 e. The van der Waals surface area contributed by atoms with E-state index in [9.17, 15) is 4.79 Å². The number of hydrogen-bond donors (Lipinski definition) is 0. The van der Waals surface area contributed by atoms with Crippen molar-refractivity contribution in [3.05, 3.63) is 48.2 Å². The molecule has 1 saturated heterocycles. The van der Waals surface area contributed by atoms with Crippen molar-refractivity contribution in [1.82, 2.24) is 15.1 Å². The molecular formula is C19H24N4O. The Bertz CT molecular complexity index is 672. The largest absolute Gasteiger partial charge is 0.334 e. The van der Waals surface area contributed by atoms with Crippen LogP contribution in [0.15, 0.2) is 42.5 Å². The molecule has 1 aliphatic rings. The summed E-state index contributed by atoms with van der Waals surface area (Å²) in [4.78, 5) is 16.7. The zero-order valence-corrected chi connectivity index (χ0v) is 14.4. The van der Waals surface area contributed by atoms with Crippen molar-refractivity contribution in [3.63, 3.8) is 0 Å². The Labute approximate surface area is 143 Å². The number of aromatic nitrogens is 2. The molecule has 0 spiro atoms. The molecule has 1 amide bonds. The van der Waals surface area contributed by atoms with Gasteiger partial charge >= 0.3 is 0 Å². The summed E-state index contributed by atoms with van der Waals surface area (Å²) in [6.07, 6.45) is 4.36. The molecule has 1 aromatic heterocycles. The van der Waals surface area contributed by atoms with E-state index in [-0.39, 0.29) is 5.91 Å². The SMILES string of the molecule is CCC1CCCCN1C(=O)c1ccc(N(C)c2ccccc2)nn1. The molecule has 126 valence electrons. The third-order valence-electron chi connectivity index (χ3n) is 4.72. The normalized spacial score (nSPS) is 17.6. The number of carbonyl (C=O) groups is 1. The molecule has 5 heteroatoms. The molecule has 2 aromatic rings. The van der Waals surface area contributed by atoms with Crippen molar-refractivity contribution in [1.29, 1.82) is 0 Å². The summed E-state index contributed by atoms with van der Waals surface area (Å²) in [5.41, 5.74) is 1.47. The van der Waals surface area contributed by atoms with Crippen molar-refractivity contribution >= 4 is 17.4 Å². The molecule has 3 rings (SSSR count). The molecule has 1 aromatic carbocycles. The first-order valence-corrected chi connectivity index (χ1v) is 8.64. The van der Waals surface area contributed by atoms with Crippen LogP contribution in [0.2, 0.25) is 0 Å². The maximum Gasteiger partial charge on any atom is 0.274 e. The zero-order valence-electron chi connectivity index (χ0n) is 14.4. The van der Waals surface area contributed by atoms with Gasteiger partial charge in [-0.05, 0) is 49.9 Å². The Hall–Kier alpha value is -2.43. The monoisotopic (exact) mass is 324 g/mol. The fourth-order valence-electron chi connectivity index (χ4n) is 3.24. The summed E-state index contributed by atoms with van der Waals surface area (Å²) in [6, 6.07) is 14.0. The molecule has 2 heterocycles. The Morgan fingerprint density at radius 1 is 1.17 bits per heavy atom. The fraction of sp³-hybridized carbons (Fsp3) is 0.421. The van der Waals surface area contributed by atoms with Crippen LogP contribution in [0.4, 0.5) is 11.5 Å². The van der Waals surface area contributed by atoms with Gasteiger partial charge in [0.15, 0.2) is 11.5 Å². The van der Waals surface area contributed by atoms with Crippen molar-refractivity contribution in [2.24, 2.45) is 0 Å². The lowest BCUT2D eigenvalue weighted by molar-refractivity contribution is 0.0601. The summed E-state index contributed by atoms with van der Waals surface area (Å²) < 4.78 is 0. The van der Waals surface area contributed by atoms with Crippen LogP contribution in [0, 0.1) is 0 Å². The third-order valence-corrected chi connectivity index (χ3v) is 4.72. The van der Waals surface area contributed by atoms with Gasteiger partial charge in [-0.3, -0.25) is 4.79 Å². The number of hydrogen-bond acceptors (Lipinski definition) is 4. The molecule has 0 bridgehead atoms. The minimum Gasteiger partial charge on any atom is -0.334 e. The van der Waals surface area contributed by atoms with Crippen LogP contribution in [0.3, 0.4) is 0 Å². The standard InChI is InChI=1S/C19H24N4O/c1-3-15-9-7-8-14-23(15)19(24)17-12-13-18(21-20-17)22(2)16-10-5-4-6-11-16/h4-6,10-13,15H,3,7-9,14H2,1-2H3. The number of rotatable bonds is 4. The molecule has 1 atom stereocenters. The molecule has 1 aliphatic heterocycles. The minimum atomic E-state index is 0.00274. The van der Waals surface area contributed by atoms with E-state index in [1.54, 1.807) is 6.07 Å². The van der Waals surface area contributed by atoms with Gasteiger partial charge in [0.05, 0.1) is 0 Å². The number of nitrogens with zero attached hydrogens (tertiary/aromatic N) is 4. The Morgan fingerprint density at radius 3 is 2.62 bits per heavy atom. The van der Waals surface area contributed by atoms with E-state index in [1.165, 1.54) is 6.42 Å². The summed E-state index contributed by atoms with van der Waals surface area (Å²) in [7, 11) is 1.94. The highest BCUT2D eigenvalue weighted by Gasteiger charge is 2.27. The fourth-order valence-corrected chi connectivity index (χ4v) is 3.24. The quantitative estimate of drug-likeness (QED) is 0.861. The highest BCUT2D eigenvalue weighted by atomic mass is 16.2. The lowest BCUT2D eigenvalue weighted by atomic mass is 9.99. The van der Waals surface area contributed by atoms with E-state index >= 15 is 0 Å². The zero-order chi connectivity index (χ0) is 16.9. The second kappa shape index (κ2) is 7.43. The Balaban J connectivity index is 1.75. The van der Waals surface area contributed by atoms with Crippen molar-refractivity contribution in [3.8, 4) is 0 Å². The number of carbonyl (C=O) groups excluding carboxylic acids is 1. The van der Waals surface area contributed by atoms with E-state index in [0.717, 1.165) is 37.3 Å². The van der Waals surface area contributed by atoms with Crippen LogP contribution in [-0.4, -0.2) is 40.6 Å². The van der Waals surface area contributed by atoms with E-state index in [4.69, 9.17) is 0 Å². The van der Waals surface area contributed by atoms with Crippen LogP contribution in [0.25, 0.3) is 0 Å². The van der Waals surface area contributed by atoms with Gasteiger partial charge in [0, 0.05) is 25.3 Å². The van der Waals surface area contributed by atoms with Crippen LogP contribution < -0.4 is 4.90 Å². The third kappa shape index (κ3) is 3.40. The molecular weight excluding hydrogens is 300 g/mol. The summed E-state index contributed by atoms with van der Waals surface area (Å²) in [6.45, 7) is 2.96. The summed E-state index contributed by atoms with van der Waals surface area (Å²) in [5, 5.41) is 8.44. The van der Waals surface area contributed by atoms with Crippen LogP contribution >= 0.6 is 0 Å². The molecule has 1 fully saturated rings. The number of amides is 1. The van der Waals surface area contributed by atoms with Crippen molar-refractivity contribution in [2.75, 3.05) is 18.5 Å². The second-order valence-corrected chi connectivity index (χ2v) is 6.23. The predicted octanol–water partition coefficient (Wildman–Crippen LogP) is 3.65. The van der Waals surface area contributed by atoms with Gasteiger partial charge in [0.1, 0.15) is 0 Å². The molecule has 0 saturated carbocycles. The lowest BCUT2D eigenvalue weighted by Crippen LogP contribution is -2.43. The van der Waals surface area contributed by atoms with Crippen molar-refractivity contribution < 1.29 is 4.79 Å². The molecule has 1 unspecified atom stereocenters. The topological polar surface area (TPSA) is 49.3 Å². The van der Waals surface area contributed by atoms with Crippen LogP contribution in [-0.2, 0) is 0 Å². The number of benzene rings is 1. The van der Waals surface area contributed by atoms with Crippen molar-refractivity contribution in [2.45, 2.75) is 38.6 Å².